The molecule has 36 heavy (non-hydrogen) atoms. The Bertz CT molecular complexity index is 1440. The number of pyridine rings is 2. The second kappa shape index (κ2) is 11.3. The van der Waals surface area contributed by atoms with Gasteiger partial charge in [-0.2, -0.15) is 0 Å². The molecule has 0 bridgehead atoms. The van der Waals surface area contributed by atoms with E-state index in [2.05, 4.69) is 58.6 Å². The Morgan fingerprint density at radius 2 is 2.06 bits per heavy atom. The molecule has 182 valence electrons. The average Bonchev–Trinajstić information content (AvgIpc) is 3.31. The number of rotatable bonds is 10. The van der Waals surface area contributed by atoms with Gasteiger partial charge in [-0.25, -0.2) is 4.98 Å². The number of hydrogen-bond donors (Lipinski definition) is 3. The number of hydrogen-bond acceptors (Lipinski definition) is 5. The highest BCUT2D eigenvalue weighted by atomic mass is 14.9. The molecule has 0 aliphatic rings. The SMILES string of the molecule is C=C/C(=C\C(=C/C)c1ccc(N)c(Cc2nc3c(-c4ccccn4)cncc3[nH]2)c1)NC(=C)CCC. The van der Waals surface area contributed by atoms with Crippen molar-refractivity contribution < 1.29 is 0 Å². The van der Waals surface area contributed by atoms with Gasteiger partial charge in [0.15, 0.2) is 0 Å². The number of imidazole rings is 1. The molecule has 0 unspecified atom stereocenters. The van der Waals surface area contributed by atoms with E-state index < -0.39 is 0 Å². The number of H-pyrrole nitrogens is 1. The van der Waals surface area contributed by atoms with Gasteiger partial charge in [-0.15, -0.1) is 0 Å². The Kier molecular flexibility index (Phi) is 7.75. The normalized spacial score (nSPS) is 12.1. The van der Waals surface area contributed by atoms with Gasteiger partial charge >= 0.3 is 0 Å². The number of aromatic nitrogens is 4. The van der Waals surface area contributed by atoms with Crippen LogP contribution in [0.1, 0.15) is 43.6 Å². The number of allylic oxidation sites excluding steroid dienone is 5. The number of nitrogens with one attached hydrogen (secondary N) is 2. The van der Waals surface area contributed by atoms with Crippen LogP contribution in [0, 0.1) is 0 Å². The second-order valence-electron chi connectivity index (χ2n) is 8.60. The van der Waals surface area contributed by atoms with Gasteiger partial charge in [-0.1, -0.05) is 44.7 Å². The molecule has 0 fully saturated rings. The zero-order valence-electron chi connectivity index (χ0n) is 20.9. The molecule has 0 aliphatic heterocycles. The number of nitrogens with zero attached hydrogens (tertiary/aromatic N) is 3. The molecular weight excluding hydrogens is 444 g/mol. The van der Waals surface area contributed by atoms with E-state index in [1.807, 2.05) is 43.3 Å². The number of benzene rings is 1. The minimum atomic E-state index is 0.566. The predicted octanol–water partition coefficient (Wildman–Crippen LogP) is 6.57. The van der Waals surface area contributed by atoms with Crippen molar-refractivity contribution in [1.29, 1.82) is 0 Å². The third kappa shape index (κ3) is 5.61. The van der Waals surface area contributed by atoms with Crippen LogP contribution < -0.4 is 11.1 Å². The van der Waals surface area contributed by atoms with Crippen LogP contribution in [0.25, 0.3) is 27.9 Å². The van der Waals surface area contributed by atoms with Crippen molar-refractivity contribution >= 4 is 22.3 Å². The minimum absolute atomic E-state index is 0.566. The van der Waals surface area contributed by atoms with Crippen LogP contribution in [0.4, 0.5) is 5.69 Å². The van der Waals surface area contributed by atoms with Gasteiger partial charge in [0.1, 0.15) is 11.3 Å². The number of aromatic amines is 1. The van der Waals surface area contributed by atoms with E-state index in [0.717, 1.165) is 74.7 Å². The molecule has 0 amide bonds. The van der Waals surface area contributed by atoms with E-state index in [1.54, 1.807) is 18.6 Å². The van der Waals surface area contributed by atoms with Crippen LogP contribution in [-0.2, 0) is 6.42 Å². The quantitative estimate of drug-likeness (QED) is 0.178. The third-order valence-electron chi connectivity index (χ3n) is 5.93. The van der Waals surface area contributed by atoms with Crippen LogP contribution in [0.3, 0.4) is 0 Å². The zero-order chi connectivity index (χ0) is 25.5. The highest BCUT2D eigenvalue weighted by molar-refractivity contribution is 5.89. The van der Waals surface area contributed by atoms with E-state index in [-0.39, 0.29) is 0 Å². The lowest BCUT2D eigenvalue weighted by molar-refractivity contribution is 0.829. The monoisotopic (exact) mass is 476 g/mol. The maximum absolute atomic E-state index is 6.38. The Morgan fingerprint density at radius 1 is 1.19 bits per heavy atom. The Hall–Kier alpha value is -4.45. The molecule has 0 saturated carbocycles. The smallest absolute Gasteiger partial charge is 0.111 e. The fraction of sp³-hybridized carbons (Fsp3) is 0.167. The van der Waals surface area contributed by atoms with Crippen molar-refractivity contribution in [3.05, 3.63) is 115 Å². The first kappa shape index (κ1) is 24.7. The first-order chi connectivity index (χ1) is 17.5. The summed E-state index contributed by atoms with van der Waals surface area (Å²) in [5, 5.41) is 3.36. The summed E-state index contributed by atoms with van der Waals surface area (Å²) in [6.07, 6.45) is 13.8. The maximum Gasteiger partial charge on any atom is 0.111 e. The summed E-state index contributed by atoms with van der Waals surface area (Å²) in [7, 11) is 0. The van der Waals surface area contributed by atoms with Crippen LogP contribution in [-0.4, -0.2) is 19.9 Å². The topological polar surface area (TPSA) is 92.5 Å². The van der Waals surface area contributed by atoms with Crippen LogP contribution in [0.2, 0.25) is 0 Å². The number of fused-ring (bicyclic) bond motifs is 1. The standard InChI is InChI=1S/C30H32N6/c1-5-10-20(4)34-24(7-3)16-21(6-2)22-12-13-26(31)23(15-22)17-29-35-28-19-32-18-25(30(28)36-29)27-11-8-9-14-33-27/h6-9,11-16,18-19,34H,3-5,10,17,31H2,1-2H3,(H,35,36)/b21-6+,24-16+. The molecule has 6 nitrogen and oxygen atoms in total. The molecule has 0 radical (unpaired) electrons. The first-order valence-corrected chi connectivity index (χ1v) is 12.1. The van der Waals surface area contributed by atoms with Crippen molar-refractivity contribution in [3.63, 3.8) is 0 Å². The Balaban J connectivity index is 1.63. The summed E-state index contributed by atoms with van der Waals surface area (Å²) in [5.41, 5.74) is 15.6. The lowest BCUT2D eigenvalue weighted by Gasteiger charge is -2.12. The number of anilines is 1. The number of nitrogen functional groups attached to an aromatic ring is 1. The highest BCUT2D eigenvalue weighted by Crippen LogP contribution is 2.27. The molecule has 4 aromatic rings. The summed E-state index contributed by atoms with van der Waals surface area (Å²) < 4.78 is 0. The van der Waals surface area contributed by atoms with Crippen molar-refractivity contribution in [3.8, 4) is 11.3 Å². The van der Waals surface area contributed by atoms with Gasteiger partial charge in [0.25, 0.3) is 0 Å². The van der Waals surface area contributed by atoms with Crippen molar-refractivity contribution in [1.82, 2.24) is 25.3 Å². The Morgan fingerprint density at radius 3 is 2.78 bits per heavy atom. The van der Waals surface area contributed by atoms with Gasteiger partial charge in [0.05, 0.1) is 17.4 Å². The van der Waals surface area contributed by atoms with Crippen LogP contribution in [0.15, 0.2) is 97.8 Å². The molecular formula is C30H32N6. The van der Waals surface area contributed by atoms with Gasteiger partial charge in [0.2, 0.25) is 0 Å². The summed E-state index contributed by atoms with van der Waals surface area (Å²) in [4.78, 5) is 17.1. The number of nitrogens with two attached hydrogens (primary N) is 1. The van der Waals surface area contributed by atoms with Crippen LogP contribution >= 0.6 is 0 Å². The maximum atomic E-state index is 6.38. The van der Waals surface area contributed by atoms with E-state index in [4.69, 9.17) is 10.7 Å². The molecule has 3 aromatic heterocycles. The fourth-order valence-corrected chi connectivity index (χ4v) is 4.11. The fourth-order valence-electron chi connectivity index (χ4n) is 4.11. The van der Waals surface area contributed by atoms with Crippen molar-refractivity contribution in [2.24, 2.45) is 0 Å². The molecule has 4 N–H and O–H groups in total. The van der Waals surface area contributed by atoms with Gasteiger partial charge < -0.3 is 16.0 Å². The van der Waals surface area contributed by atoms with Gasteiger partial charge in [-0.3, -0.25) is 9.97 Å². The third-order valence-corrected chi connectivity index (χ3v) is 5.93. The average molecular weight is 477 g/mol. The summed E-state index contributed by atoms with van der Waals surface area (Å²) in [6, 6.07) is 11.9. The van der Waals surface area contributed by atoms with Gasteiger partial charge in [-0.05, 0) is 66.5 Å². The van der Waals surface area contributed by atoms with E-state index in [9.17, 15) is 0 Å². The molecule has 1 aromatic carbocycles. The lowest BCUT2D eigenvalue weighted by Crippen LogP contribution is -2.10. The van der Waals surface area contributed by atoms with Crippen LogP contribution in [0.5, 0.6) is 0 Å². The van der Waals surface area contributed by atoms with Crippen molar-refractivity contribution in [2.45, 2.75) is 33.1 Å². The highest BCUT2D eigenvalue weighted by Gasteiger charge is 2.13. The molecule has 0 aliphatic carbocycles. The summed E-state index contributed by atoms with van der Waals surface area (Å²) >= 11 is 0. The zero-order valence-corrected chi connectivity index (χ0v) is 20.9. The molecule has 0 spiro atoms. The summed E-state index contributed by atoms with van der Waals surface area (Å²) in [5.74, 6) is 0.820. The Labute approximate surface area is 212 Å². The summed E-state index contributed by atoms with van der Waals surface area (Å²) in [6.45, 7) is 12.2. The van der Waals surface area contributed by atoms with Gasteiger partial charge in [0, 0.05) is 41.5 Å². The lowest BCUT2D eigenvalue weighted by atomic mass is 9.99. The van der Waals surface area contributed by atoms with Crippen molar-refractivity contribution in [2.75, 3.05) is 5.73 Å². The largest absolute Gasteiger partial charge is 0.398 e. The molecule has 0 atom stereocenters. The van der Waals surface area contributed by atoms with E-state index >= 15 is 0 Å². The molecule has 3 heterocycles. The second-order valence-corrected chi connectivity index (χ2v) is 8.60. The predicted molar refractivity (Wildman–Crippen MR) is 150 cm³/mol. The molecule has 6 heteroatoms. The van der Waals surface area contributed by atoms with E-state index in [1.165, 1.54) is 0 Å². The molecule has 0 saturated heterocycles. The minimum Gasteiger partial charge on any atom is -0.398 e. The molecule has 4 rings (SSSR count). The first-order valence-electron chi connectivity index (χ1n) is 12.1. The van der Waals surface area contributed by atoms with E-state index in [0.29, 0.717) is 6.42 Å².